The van der Waals surface area contributed by atoms with E-state index in [4.69, 9.17) is 4.98 Å². The van der Waals surface area contributed by atoms with Crippen LogP contribution >= 0.6 is 0 Å². The standard InChI is InChI=1S/C26H22N4O4/c1-16(15-31)29-11-10-27-24(29)22-6-3-7-23(28-22)30-14-20-9-8-18(13-21(20)25(30)32)17-4-2-5-19(12-17)26(33)34/h2-13,16,31H,14-15H2,1H3,(H,33,34). The summed E-state index contributed by atoms with van der Waals surface area (Å²) in [6, 6.07) is 17.5. The highest BCUT2D eigenvalue weighted by molar-refractivity contribution is 6.10. The van der Waals surface area contributed by atoms with Crippen LogP contribution in [0.3, 0.4) is 0 Å². The number of hydrogen-bond donors (Lipinski definition) is 2. The normalized spacial score (nSPS) is 13.7. The average Bonchev–Trinajstić information content (AvgIpc) is 3.48. The first-order valence-corrected chi connectivity index (χ1v) is 10.9. The number of carboxylic acids is 1. The zero-order valence-corrected chi connectivity index (χ0v) is 18.4. The van der Waals surface area contributed by atoms with Crippen molar-refractivity contribution >= 4 is 17.7 Å². The first-order chi connectivity index (χ1) is 16.5. The van der Waals surface area contributed by atoms with Gasteiger partial charge in [-0.2, -0.15) is 0 Å². The lowest BCUT2D eigenvalue weighted by Gasteiger charge is -2.17. The number of fused-ring (bicyclic) bond motifs is 1. The molecular formula is C26H22N4O4. The number of aromatic nitrogens is 3. The Labute approximate surface area is 195 Å². The van der Waals surface area contributed by atoms with E-state index < -0.39 is 5.97 Å². The molecule has 0 fully saturated rings. The average molecular weight is 454 g/mol. The highest BCUT2D eigenvalue weighted by Gasteiger charge is 2.30. The van der Waals surface area contributed by atoms with Crippen molar-refractivity contribution < 1.29 is 19.8 Å². The second kappa shape index (κ2) is 8.57. The van der Waals surface area contributed by atoms with Gasteiger partial charge in [-0.3, -0.25) is 9.69 Å². The van der Waals surface area contributed by atoms with Crippen LogP contribution in [-0.2, 0) is 6.54 Å². The Morgan fingerprint density at radius 1 is 1.09 bits per heavy atom. The van der Waals surface area contributed by atoms with Crippen LogP contribution in [0.4, 0.5) is 5.82 Å². The fourth-order valence-electron chi connectivity index (χ4n) is 4.15. The van der Waals surface area contributed by atoms with Crippen molar-refractivity contribution in [1.82, 2.24) is 14.5 Å². The number of hydrogen-bond acceptors (Lipinski definition) is 5. The molecule has 1 aliphatic rings. The summed E-state index contributed by atoms with van der Waals surface area (Å²) in [5, 5.41) is 18.8. The number of carboxylic acid groups (broad SMARTS) is 1. The van der Waals surface area contributed by atoms with Crippen molar-refractivity contribution in [2.24, 2.45) is 0 Å². The van der Waals surface area contributed by atoms with Crippen molar-refractivity contribution in [3.05, 3.63) is 89.7 Å². The first kappa shape index (κ1) is 21.5. The van der Waals surface area contributed by atoms with Crippen LogP contribution in [0.15, 0.2) is 73.1 Å². The van der Waals surface area contributed by atoms with E-state index in [1.54, 1.807) is 41.6 Å². The van der Waals surface area contributed by atoms with Gasteiger partial charge in [0.25, 0.3) is 5.91 Å². The van der Waals surface area contributed by atoms with Crippen LogP contribution in [0, 0.1) is 0 Å². The van der Waals surface area contributed by atoms with Gasteiger partial charge in [-0.05, 0) is 53.9 Å². The summed E-state index contributed by atoms with van der Waals surface area (Å²) in [4.78, 5) is 35.3. The molecule has 2 aromatic heterocycles. The number of benzene rings is 2. The molecule has 2 aromatic carbocycles. The predicted octanol–water partition coefficient (Wildman–Crippen LogP) is 4.02. The maximum atomic E-state index is 13.3. The molecule has 1 atom stereocenters. The summed E-state index contributed by atoms with van der Waals surface area (Å²) in [7, 11) is 0. The lowest BCUT2D eigenvalue weighted by Crippen LogP contribution is -2.24. The van der Waals surface area contributed by atoms with Crippen molar-refractivity contribution in [2.75, 3.05) is 11.5 Å². The number of rotatable bonds is 6. The summed E-state index contributed by atoms with van der Waals surface area (Å²) in [5.74, 6) is -0.0272. The maximum Gasteiger partial charge on any atom is 0.335 e. The van der Waals surface area contributed by atoms with Crippen LogP contribution in [0.2, 0.25) is 0 Å². The van der Waals surface area contributed by atoms with Gasteiger partial charge in [0, 0.05) is 18.0 Å². The van der Waals surface area contributed by atoms with Gasteiger partial charge in [-0.25, -0.2) is 14.8 Å². The van der Waals surface area contributed by atoms with E-state index in [2.05, 4.69) is 4.98 Å². The summed E-state index contributed by atoms with van der Waals surface area (Å²) < 4.78 is 1.85. The van der Waals surface area contributed by atoms with Gasteiger partial charge >= 0.3 is 5.97 Å². The molecule has 0 spiro atoms. The molecular weight excluding hydrogens is 432 g/mol. The van der Waals surface area contributed by atoms with Crippen molar-refractivity contribution in [3.63, 3.8) is 0 Å². The summed E-state index contributed by atoms with van der Waals surface area (Å²) in [6.07, 6.45) is 3.45. The Hall–Kier alpha value is -4.30. The zero-order valence-electron chi connectivity index (χ0n) is 18.4. The Bertz CT molecular complexity index is 1410. The number of carbonyl (C=O) groups is 2. The lowest BCUT2D eigenvalue weighted by molar-refractivity contribution is 0.0696. The Morgan fingerprint density at radius 2 is 1.88 bits per heavy atom. The number of aromatic carboxylic acids is 1. The third kappa shape index (κ3) is 3.74. The SMILES string of the molecule is CC(CO)n1ccnc1-c1cccc(N2Cc3ccc(-c4cccc(C(=O)O)c4)cc3C2=O)n1. The molecule has 3 heterocycles. The van der Waals surface area contributed by atoms with E-state index >= 15 is 0 Å². The quantitative estimate of drug-likeness (QED) is 0.455. The molecule has 1 aliphatic heterocycles. The molecule has 0 saturated carbocycles. The van der Waals surface area contributed by atoms with Gasteiger partial charge in [-0.15, -0.1) is 0 Å². The van der Waals surface area contributed by atoms with Gasteiger partial charge in [0.15, 0.2) is 5.82 Å². The Balaban J connectivity index is 1.46. The van der Waals surface area contributed by atoms with Crippen LogP contribution in [0.5, 0.6) is 0 Å². The van der Waals surface area contributed by atoms with Gasteiger partial charge < -0.3 is 14.8 Å². The van der Waals surface area contributed by atoms with E-state index in [1.165, 1.54) is 6.07 Å². The second-order valence-electron chi connectivity index (χ2n) is 8.22. The van der Waals surface area contributed by atoms with Crippen molar-refractivity contribution in [1.29, 1.82) is 0 Å². The van der Waals surface area contributed by atoms with Crippen LogP contribution < -0.4 is 4.90 Å². The van der Waals surface area contributed by atoms with Gasteiger partial charge in [-0.1, -0.05) is 30.3 Å². The highest BCUT2D eigenvalue weighted by Crippen LogP contribution is 2.32. The summed E-state index contributed by atoms with van der Waals surface area (Å²) in [6.45, 7) is 2.25. The smallest absolute Gasteiger partial charge is 0.335 e. The fourth-order valence-corrected chi connectivity index (χ4v) is 4.15. The van der Waals surface area contributed by atoms with E-state index in [-0.39, 0.29) is 24.1 Å². The van der Waals surface area contributed by atoms with E-state index in [9.17, 15) is 19.8 Å². The van der Waals surface area contributed by atoms with Gasteiger partial charge in [0.1, 0.15) is 11.5 Å². The second-order valence-corrected chi connectivity index (χ2v) is 8.22. The number of aliphatic hydroxyl groups is 1. The zero-order chi connectivity index (χ0) is 23.8. The molecule has 1 amide bonds. The number of pyridine rings is 1. The molecule has 8 heteroatoms. The Morgan fingerprint density at radius 3 is 2.68 bits per heavy atom. The first-order valence-electron chi connectivity index (χ1n) is 10.9. The third-order valence-electron chi connectivity index (χ3n) is 6.00. The molecule has 4 aromatic rings. The molecule has 1 unspecified atom stereocenters. The van der Waals surface area contributed by atoms with Crippen LogP contribution in [0.1, 0.15) is 39.2 Å². The van der Waals surface area contributed by atoms with Crippen LogP contribution in [-0.4, -0.2) is 43.2 Å². The van der Waals surface area contributed by atoms with E-state index in [1.807, 2.05) is 41.8 Å². The number of amides is 1. The molecule has 5 rings (SSSR count). The number of aliphatic hydroxyl groups excluding tert-OH is 1. The Kier molecular flexibility index (Phi) is 5.43. The number of nitrogens with zero attached hydrogens (tertiary/aromatic N) is 4. The molecule has 2 N–H and O–H groups in total. The predicted molar refractivity (Wildman–Crippen MR) is 127 cm³/mol. The summed E-state index contributed by atoms with van der Waals surface area (Å²) in [5.41, 5.74) is 3.77. The largest absolute Gasteiger partial charge is 0.478 e. The lowest BCUT2D eigenvalue weighted by atomic mass is 9.99. The number of carbonyl (C=O) groups excluding carboxylic acids is 1. The van der Waals surface area contributed by atoms with Crippen molar-refractivity contribution in [3.8, 4) is 22.6 Å². The number of imidazole rings is 1. The summed E-state index contributed by atoms with van der Waals surface area (Å²) >= 11 is 0. The van der Waals surface area contributed by atoms with Gasteiger partial charge in [0.2, 0.25) is 0 Å². The van der Waals surface area contributed by atoms with E-state index in [0.29, 0.717) is 29.4 Å². The maximum absolute atomic E-state index is 13.3. The fraction of sp³-hybridized carbons (Fsp3) is 0.154. The third-order valence-corrected chi connectivity index (χ3v) is 6.00. The molecule has 0 radical (unpaired) electrons. The van der Waals surface area contributed by atoms with E-state index in [0.717, 1.165) is 16.7 Å². The van der Waals surface area contributed by atoms with Crippen molar-refractivity contribution in [2.45, 2.75) is 19.5 Å². The number of anilines is 1. The topological polar surface area (TPSA) is 109 Å². The minimum absolute atomic E-state index is 0.0271. The van der Waals surface area contributed by atoms with Gasteiger partial charge in [0.05, 0.1) is 24.8 Å². The molecule has 0 saturated heterocycles. The molecule has 8 nitrogen and oxygen atoms in total. The minimum Gasteiger partial charge on any atom is -0.478 e. The minimum atomic E-state index is -0.995. The molecule has 34 heavy (non-hydrogen) atoms. The monoisotopic (exact) mass is 454 g/mol. The highest BCUT2D eigenvalue weighted by atomic mass is 16.4. The molecule has 0 bridgehead atoms. The molecule has 170 valence electrons. The molecule has 0 aliphatic carbocycles. The van der Waals surface area contributed by atoms with Crippen LogP contribution in [0.25, 0.3) is 22.6 Å².